The maximum Gasteiger partial charge on any atom is 0.255 e. The first-order chi connectivity index (χ1) is 13.3. The van der Waals surface area contributed by atoms with Gasteiger partial charge in [0.25, 0.3) is 5.91 Å². The third kappa shape index (κ3) is 4.95. The van der Waals surface area contributed by atoms with Crippen molar-refractivity contribution < 1.29 is 14.0 Å². The average molecular weight is 383 g/mol. The van der Waals surface area contributed by atoms with Crippen LogP contribution < -0.4 is 16.4 Å². The van der Waals surface area contributed by atoms with Gasteiger partial charge in [-0.25, -0.2) is 4.39 Å². The Bertz CT molecular complexity index is 832. The summed E-state index contributed by atoms with van der Waals surface area (Å²) in [6.45, 7) is 2.37. The number of anilines is 1. The summed E-state index contributed by atoms with van der Waals surface area (Å²) in [6, 6.07) is 12.6. The molecule has 0 aromatic heterocycles. The van der Waals surface area contributed by atoms with E-state index in [0.29, 0.717) is 17.8 Å². The van der Waals surface area contributed by atoms with Gasteiger partial charge in [-0.3, -0.25) is 9.59 Å². The lowest BCUT2D eigenvalue weighted by molar-refractivity contribution is -0.128. The molecule has 2 amide bonds. The quantitative estimate of drug-likeness (QED) is 0.738. The van der Waals surface area contributed by atoms with Crippen molar-refractivity contribution >= 4 is 17.5 Å². The van der Waals surface area contributed by atoms with Gasteiger partial charge in [0.1, 0.15) is 5.82 Å². The van der Waals surface area contributed by atoms with E-state index in [1.54, 1.807) is 12.1 Å². The maximum atomic E-state index is 12.9. The van der Waals surface area contributed by atoms with Gasteiger partial charge in [0, 0.05) is 23.3 Å². The zero-order valence-corrected chi connectivity index (χ0v) is 16.0. The fourth-order valence-corrected chi connectivity index (χ4v) is 3.61. The molecule has 0 aliphatic heterocycles. The second kappa shape index (κ2) is 8.52. The first-order valence-corrected chi connectivity index (χ1v) is 9.57. The lowest BCUT2D eigenvalue weighted by Crippen LogP contribution is -2.52. The van der Waals surface area contributed by atoms with Gasteiger partial charge in [-0.05, 0) is 61.7 Å². The van der Waals surface area contributed by atoms with Gasteiger partial charge in [-0.2, -0.15) is 0 Å². The predicted octanol–water partition coefficient (Wildman–Crippen LogP) is 3.60. The van der Waals surface area contributed by atoms with Gasteiger partial charge in [-0.15, -0.1) is 0 Å². The van der Waals surface area contributed by atoms with E-state index in [9.17, 15) is 14.0 Å². The Morgan fingerprint density at radius 1 is 1.11 bits per heavy atom. The SMILES string of the molecule is CC1(N)CCCCC1C(=O)NCc1ccc(NC(=O)c2ccc(F)cc2)cc1. The van der Waals surface area contributed by atoms with E-state index in [1.165, 1.54) is 24.3 Å². The third-order valence-electron chi connectivity index (χ3n) is 5.36. The van der Waals surface area contributed by atoms with Crippen LogP contribution >= 0.6 is 0 Å². The number of amides is 2. The van der Waals surface area contributed by atoms with Crippen LogP contribution in [0, 0.1) is 11.7 Å². The number of halogens is 1. The van der Waals surface area contributed by atoms with Crippen molar-refractivity contribution in [3.05, 3.63) is 65.5 Å². The molecule has 148 valence electrons. The molecule has 1 fully saturated rings. The summed E-state index contributed by atoms with van der Waals surface area (Å²) in [5.41, 5.74) is 7.79. The number of hydrogen-bond donors (Lipinski definition) is 3. The minimum absolute atomic E-state index is 0.00149. The maximum absolute atomic E-state index is 12.9. The zero-order chi connectivity index (χ0) is 20.1. The molecule has 0 radical (unpaired) electrons. The Morgan fingerprint density at radius 2 is 1.79 bits per heavy atom. The van der Waals surface area contributed by atoms with E-state index in [2.05, 4.69) is 10.6 Å². The lowest BCUT2D eigenvalue weighted by Gasteiger charge is -2.37. The van der Waals surface area contributed by atoms with Crippen molar-refractivity contribution in [2.24, 2.45) is 11.7 Å². The van der Waals surface area contributed by atoms with Crippen LogP contribution in [0.25, 0.3) is 0 Å². The van der Waals surface area contributed by atoms with E-state index in [1.807, 2.05) is 19.1 Å². The largest absolute Gasteiger partial charge is 0.352 e. The van der Waals surface area contributed by atoms with Gasteiger partial charge in [-0.1, -0.05) is 25.0 Å². The van der Waals surface area contributed by atoms with Crippen LogP contribution in [0.15, 0.2) is 48.5 Å². The molecule has 4 N–H and O–H groups in total. The fourth-order valence-electron chi connectivity index (χ4n) is 3.61. The monoisotopic (exact) mass is 383 g/mol. The third-order valence-corrected chi connectivity index (χ3v) is 5.36. The average Bonchev–Trinajstić information content (AvgIpc) is 2.67. The molecule has 1 saturated carbocycles. The molecule has 2 atom stereocenters. The highest BCUT2D eigenvalue weighted by Crippen LogP contribution is 2.31. The summed E-state index contributed by atoms with van der Waals surface area (Å²) < 4.78 is 12.9. The Hall–Kier alpha value is -2.73. The number of benzene rings is 2. The van der Waals surface area contributed by atoms with Crippen molar-refractivity contribution in [2.75, 3.05) is 5.32 Å². The number of carbonyl (C=O) groups excluding carboxylic acids is 2. The van der Waals surface area contributed by atoms with E-state index in [4.69, 9.17) is 5.73 Å². The van der Waals surface area contributed by atoms with E-state index in [0.717, 1.165) is 31.2 Å². The summed E-state index contributed by atoms with van der Waals surface area (Å²) in [5.74, 6) is -0.847. The van der Waals surface area contributed by atoms with Crippen molar-refractivity contribution in [1.82, 2.24) is 5.32 Å². The van der Waals surface area contributed by atoms with Crippen LogP contribution in [0.4, 0.5) is 10.1 Å². The molecule has 1 aliphatic carbocycles. The number of nitrogens with one attached hydrogen (secondary N) is 2. The number of rotatable bonds is 5. The molecule has 3 rings (SSSR count). The second-order valence-corrected chi connectivity index (χ2v) is 7.68. The summed E-state index contributed by atoms with van der Waals surface area (Å²) in [6.07, 6.45) is 3.80. The molecular weight excluding hydrogens is 357 g/mol. The summed E-state index contributed by atoms with van der Waals surface area (Å²) in [4.78, 5) is 24.7. The number of hydrogen-bond acceptors (Lipinski definition) is 3. The molecule has 0 saturated heterocycles. The molecule has 2 aromatic carbocycles. The van der Waals surface area contributed by atoms with Crippen molar-refractivity contribution in [2.45, 2.75) is 44.7 Å². The molecule has 2 unspecified atom stereocenters. The van der Waals surface area contributed by atoms with Crippen LogP contribution in [-0.4, -0.2) is 17.4 Å². The van der Waals surface area contributed by atoms with Gasteiger partial charge >= 0.3 is 0 Å². The van der Waals surface area contributed by atoms with Gasteiger partial charge < -0.3 is 16.4 Å². The minimum Gasteiger partial charge on any atom is -0.352 e. The summed E-state index contributed by atoms with van der Waals surface area (Å²) in [5, 5.41) is 5.74. The molecule has 6 heteroatoms. The zero-order valence-electron chi connectivity index (χ0n) is 16.0. The Kier molecular flexibility index (Phi) is 6.09. The van der Waals surface area contributed by atoms with Crippen LogP contribution in [0.2, 0.25) is 0 Å². The molecular formula is C22H26FN3O2. The summed E-state index contributed by atoms with van der Waals surface area (Å²) >= 11 is 0. The number of nitrogens with two attached hydrogens (primary N) is 1. The van der Waals surface area contributed by atoms with Gasteiger partial charge in [0.05, 0.1) is 5.92 Å². The number of carbonyl (C=O) groups is 2. The lowest BCUT2D eigenvalue weighted by atomic mass is 9.74. The predicted molar refractivity (Wildman–Crippen MR) is 107 cm³/mol. The van der Waals surface area contributed by atoms with Crippen LogP contribution in [-0.2, 0) is 11.3 Å². The Balaban J connectivity index is 1.53. The van der Waals surface area contributed by atoms with Gasteiger partial charge in [0.2, 0.25) is 5.91 Å². The Morgan fingerprint density at radius 3 is 2.43 bits per heavy atom. The highest BCUT2D eigenvalue weighted by atomic mass is 19.1. The molecule has 5 nitrogen and oxygen atoms in total. The molecule has 1 aliphatic rings. The molecule has 0 spiro atoms. The summed E-state index contributed by atoms with van der Waals surface area (Å²) in [7, 11) is 0. The van der Waals surface area contributed by atoms with Crippen LogP contribution in [0.1, 0.15) is 48.5 Å². The van der Waals surface area contributed by atoms with Crippen molar-refractivity contribution in [3.8, 4) is 0 Å². The van der Waals surface area contributed by atoms with E-state index in [-0.39, 0.29) is 23.5 Å². The molecule has 0 bridgehead atoms. The fraction of sp³-hybridized carbons (Fsp3) is 0.364. The van der Waals surface area contributed by atoms with Crippen LogP contribution in [0.5, 0.6) is 0 Å². The Labute approximate surface area is 164 Å². The van der Waals surface area contributed by atoms with Crippen LogP contribution in [0.3, 0.4) is 0 Å². The van der Waals surface area contributed by atoms with E-state index < -0.39 is 5.54 Å². The molecule has 28 heavy (non-hydrogen) atoms. The smallest absolute Gasteiger partial charge is 0.255 e. The first-order valence-electron chi connectivity index (χ1n) is 9.57. The van der Waals surface area contributed by atoms with Gasteiger partial charge in [0.15, 0.2) is 0 Å². The normalized spacial score (nSPS) is 21.8. The molecule has 2 aromatic rings. The second-order valence-electron chi connectivity index (χ2n) is 7.68. The standard InChI is InChI=1S/C22H26FN3O2/c1-22(24)13-3-2-4-19(22)21(28)25-14-15-5-11-18(12-6-15)26-20(27)16-7-9-17(23)10-8-16/h5-12,19H,2-4,13-14,24H2,1H3,(H,25,28)(H,26,27). The highest BCUT2D eigenvalue weighted by molar-refractivity contribution is 6.04. The minimum atomic E-state index is -0.448. The molecule has 0 heterocycles. The highest BCUT2D eigenvalue weighted by Gasteiger charge is 2.37. The van der Waals surface area contributed by atoms with Crippen molar-refractivity contribution in [3.63, 3.8) is 0 Å². The first kappa shape index (κ1) is 20.0. The van der Waals surface area contributed by atoms with E-state index >= 15 is 0 Å². The van der Waals surface area contributed by atoms with Crippen molar-refractivity contribution in [1.29, 1.82) is 0 Å². The topological polar surface area (TPSA) is 84.2 Å².